The number of H-pyrrole nitrogens is 1. The average molecular weight is 277 g/mol. The first-order valence-corrected chi connectivity index (χ1v) is 6.32. The van der Waals surface area contributed by atoms with Gasteiger partial charge in [0.05, 0.1) is 21.1 Å². The molecule has 2 aromatic carbocycles. The minimum atomic E-state index is 0.524. The third kappa shape index (κ3) is 1.78. The highest BCUT2D eigenvalue weighted by Crippen LogP contribution is 2.33. The van der Waals surface area contributed by atoms with Crippen molar-refractivity contribution in [3.8, 4) is 11.4 Å². The Bertz CT molecular complexity index is 732. The first kappa shape index (κ1) is 11.6. The number of imidazole rings is 1. The van der Waals surface area contributed by atoms with E-state index in [0.717, 1.165) is 28.0 Å². The van der Waals surface area contributed by atoms with Crippen molar-refractivity contribution in [1.82, 2.24) is 9.97 Å². The van der Waals surface area contributed by atoms with Crippen LogP contribution in [0.2, 0.25) is 10.0 Å². The maximum absolute atomic E-state index is 6.20. The summed E-state index contributed by atoms with van der Waals surface area (Å²) >= 11 is 12.2. The van der Waals surface area contributed by atoms with Gasteiger partial charge in [0.2, 0.25) is 0 Å². The summed E-state index contributed by atoms with van der Waals surface area (Å²) in [6.45, 7) is 2.03. The molecule has 0 aliphatic heterocycles. The van der Waals surface area contributed by atoms with E-state index in [1.54, 1.807) is 6.07 Å². The molecule has 2 nitrogen and oxygen atoms in total. The van der Waals surface area contributed by atoms with Gasteiger partial charge in [-0.15, -0.1) is 0 Å². The second-order valence-corrected chi connectivity index (χ2v) is 4.94. The van der Waals surface area contributed by atoms with Crippen LogP contribution in [0.3, 0.4) is 0 Å². The van der Waals surface area contributed by atoms with E-state index in [-0.39, 0.29) is 0 Å². The molecule has 0 aliphatic carbocycles. The lowest BCUT2D eigenvalue weighted by Crippen LogP contribution is -1.82. The summed E-state index contributed by atoms with van der Waals surface area (Å²) in [5.74, 6) is 0.742. The second kappa shape index (κ2) is 4.30. The van der Waals surface area contributed by atoms with Crippen molar-refractivity contribution in [3.63, 3.8) is 0 Å². The maximum atomic E-state index is 6.20. The van der Waals surface area contributed by atoms with Crippen molar-refractivity contribution in [2.45, 2.75) is 6.92 Å². The molecular formula is C14H10Cl2N2. The largest absolute Gasteiger partial charge is 0.338 e. The Hall–Kier alpha value is -1.51. The van der Waals surface area contributed by atoms with E-state index in [4.69, 9.17) is 23.2 Å². The second-order valence-electron chi connectivity index (χ2n) is 4.16. The van der Waals surface area contributed by atoms with Crippen LogP contribution in [0.5, 0.6) is 0 Å². The molecule has 1 N–H and O–H groups in total. The first-order chi connectivity index (χ1) is 8.66. The van der Waals surface area contributed by atoms with Crippen molar-refractivity contribution in [3.05, 3.63) is 52.0 Å². The average Bonchev–Trinajstić information content (AvgIpc) is 2.78. The van der Waals surface area contributed by atoms with Crippen molar-refractivity contribution < 1.29 is 0 Å². The smallest absolute Gasteiger partial charge is 0.140 e. The molecule has 0 bridgehead atoms. The maximum Gasteiger partial charge on any atom is 0.140 e. The molecule has 0 fully saturated rings. The Morgan fingerprint density at radius 3 is 2.61 bits per heavy atom. The molecule has 0 atom stereocenters. The molecule has 0 saturated heterocycles. The van der Waals surface area contributed by atoms with Gasteiger partial charge in [0.25, 0.3) is 0 Å². The Labute approximate surface area is 115 Å². The molecular weight excluding hydrogens is 267 g/mol. The van der Waals surface area contributed by atoms with Crippen molar-refractivity contribution in [1.29, 1.82) is 0 Å². The minimum Gasteiger partial charge on any atom is -0.338 e. The van der Waals surface area contributed by atoms with Crippen molar-refractivity contribution >= 4 is 34.2 Å². The summed E-state index contributed by atoms with van der Waals surface area (Å²) in [6, 6.07) is 11.6. The zero-order valence-corrected chi connectivity index (χ0v) is 11.2. The normalized spacial score (nSPS) is 11.1. The molecule has 18 heavy (non-hydrogen) atoms. The topological polar surface area (TPSA) is 28.7 Å². The van der Waals surface area contributed by atoms with E-state index >= 15 is 0 Å². The van der Waals surface area contributed by atoms with E-state index in [9.17, 15) is 0 Å². The standard InChI is InChI=1S/C14H10Cl2N2/c1-8-4-2-7-11-13(8)18-14(17-11)9-5-3-6-10(15)12(9)16/h2-7H,1H3,(H,17,18). The fourth-order valence-corrected chi connectivity index (χ4v) is 2.38. The van der Waals surface area contributed by atoms with Crippen molar-refractivity contribution in [2.75, 3.05) is 0 Å². The Morgan fingerprint density at radius 1 is 1.06 bits per heavy atom. The van der Waals surface area contributed by atoms with E-state index in [1.807, 2.05) is 37.3 Å². The van der Waals surface area contributed by atoms with Gasteiger partial charge in [0.15, 0.2) is 0 Å². The van der Waals surface area contributed by atoms with Crippen LogP contribution < -0.4 is 0 Å². The molecule has 0 spiro atoms. The molecule has 0 saturated carbocycles. The Morgan fingerprint density at radius 2 is 1.83 bits per heavy atom. The monoisotopic (exact) mass is 276 g/mol. The third-order valence-corrected chi connectivity index (χ3v) is 3.74. The van der Waals surface area contributed by atoms with E-state index in [0.29, 0.717) is 10.0 Å². The lowest BCUT2D eigenvalue weighted by Gasteiger charge is -2.01. The molecule has 0 unspecified atom stereocenters. The number of benzene rings is 2. The van der Waals surface area contributed by atoms with Crippen LogP contribution in [0.15, 0.2) is 36.4 Å². The van der Waals surface area contributed by atoms with Gasteiger partial charge in [0.1, 0.15) is 5.82 Å². The number of rotatable bonds is 1. The van der Waals surface area contributed by atoms with Gasteiger partial charge in [-0.2, -0.15) is 0 Å². The van der Waals surface area contributed by atoms with E-state index < -0.39 is 0 Å². The van der Waals surface area contributed by atoms with Gasteiger partial charge in [-0.3, -0.25) is 0 Å². The molecule has 0 aliphatic rings. The molecule has 0 amide bonds. The number of para-hydroxylation sites is 1. The van der Waals surface area contributed by atoms with Crippen LogP contribution in [0, 0.1) is 6.92 Å². The number of nitrogens with one attached hydrogen (secondary N) is 1. The summed E-state index contributed by atoms with van der Waals surface area (Å²) < 4.78 is 0. The fraction of sp³-hybridized carbons (Fsp3) is 0.0714. The number of hydrogen-bond donors (Lipinski definition) is 1. The predicted octanol–water partition coefficient (Wildman–Crippen LogP) is 4.85. The number of hydrogen-bond acceptors (Lipinski definition) is 1. The van der Waals surface area contributed by atoms with Gasteiger partial charge < -0.3 is 4.98 Å². The highest BCUT2D eigenvalue weighted by atomic mass is 35.5. The SMILES string of the molecule is Cc1cccc2[nH]c(-c3cccc(Cl)c3Cl)nc12. The number of halogens is 2. The summed E-state index contributed by atoms with van der Waals surface area (Å²) in [5, 5.41) is 1.06. The third-order valence-electron chi connectivity index (χ3n) is 2.92. The highest BCUT2D eigenvalue weighted by Gasteiger charge is 2.11. The molecule has 0 radical (unpaired) electrons. The van der Waals surface area contributed by atoms with Crippen LogP contribution in [0.1, 0.15) is 5.56 Å². The first-order valence-electron chi connectivity index (χ1n) is 5.56. The lowest BCUT2D eigenvalue weighted by atomic mass is 10.2. The van der Waals surface area contributed by atoms with Crippen LogP contribution in [-0.4, -0.2) is 9.97 Å². The number of fused-ring (bicyclic) bond motifs is 1. The molecule has 3 rings (SSSR count). The van der Waals surface area contributed by atoms with Crippen molar-refractivity contribution in [2.24, 2.45) is 0 Å². The number of aromatic amines is 1. The Balaban J connectivity index is 2.26. The summed E-state index contributed by atoms with van der Waals surface area (Å²) in [5.41, 5.74) is 3.91. The van der Waals surface area contributed by atoms with E-state index in [1.165, 1.54) is 0 Å². The lowest BCUT2D eigenvalue weighted by molar-refractivity contribution is 1.33. The number of aromatic nitrogens is 2. The van der Waals surface area contributed by atoms with Crippen LogP contribution in [0.25, 0.3) is 22.4 Å². The van der Waals surface area contributed by atoms with Gasteiger partial charge in [-0.25, -0.2) is 4.98 Å². The molecule has 4 heteroatoms. The van der Waals surface area contributed by atoms with Crippen LogP contribution in [-0.2, 0) is 0 Å². The molecule has 1 heterocycles. The van der Waals surface area contributed by atoms with Crippen LogP contribution >= 0.6 is 23.2 Å². The number of nitrogens with zero attached hydrogens (tertiary/aromatic N) is 1. The fourth-order valence-electron chi connectivity index (χ4n) is 1.99. The Kier molecular flexibility index (Phi) is 2.77. The predicted molar refractivity (Wildman–Crippen MR) is 76.3 cm³/mol. The van der Waals surface area contributed by atoms with Gasteiger partial charge in [-0.05, 0) is 30.7 Å². The molecule has 3 aromatic rings. The molecule has 90 valence electrons. The number of aryl methyl sites for hydroxylation is 1. The van der Waals surface area contributed by atoms with Crippen LogP contribution in [0.4, 0.5) is 0 Å². The van der Waals surface area contributed by atoms with E-state index in [2.05, 4.69) is 9.97 Å². The van der Waals surface area contributed by atoms with Gasteiger partial charge in [-0.1, -0.05) is 41.4 Å². The summed E-state index contributed by atoms with van der Waals surface area (Å²) in [6.07, 6.45) is 0. The molecule has 1 aromatic heterocycles. The highest BCUT2D eigenvalue weighted by molar-refractivity contribution is 6.43. The van der Waals surface area contributed by atoms with Gasteiger partial charge in [0, 0.05) is 5.56 Å². The minimum absolute atomic E-state index is 0.524. The summed E-state index contributed by atoms with van der Waals surface area (Å²) in [4.78, 5) is 7.85. The summed E-state index contributed by atoms with van der Waals surface area (Å²) in [7, 11) is 0. The zero-order chi connectivity index (χ0) is 12.7. The zero-order valence-electron chi connectivity index (χ0n) is 9.67. The quantitative estimate of drug-likeness (QED) is 0.677. The van der Waals surface area contributed by atoms with Gasteiger partial charge >= 0.3 is 0 Å².